The molecule has 2 heterocycles. The highest BCUT2D eigenvalue weighted by Gasteiger charge is 2.09. The van der Waals surface area contributed by atoms with E-state index in [1.807, 2.05) is 0 Å². The number of aromatic amines is 1. The third-order valence-electron chi connectivity index (χ3n) is 2.28. The highest BCUT2D eigenvalue weighted by Crippen LogP contribution is 2.13. The largest absolute Gasteiger partial charge is 0.331 e. The van der Waals surface area contributed by atoms with Gasteiger partial charge in [0.2, 0.25) is 0 Å². The molecule has 2 rings (SSSR count). The van der Waals surface area contributed by atoms with Crippen molar-refractivity contribution in [1.82, 2.24) is 9.55 Å². The van der Waals surface area contributed by atoms with Crippen LogP contribution in [0.2, 0.25) is 0 Å². The van der Waals surface area contributed by atoms with Gasteiger partial charge < -0.3 is 4.98 Å². The molecule has 0 aromatic carbocycles. The Labute approximate surface area is 107 Å². The number of aromatic nitrogens is 2. The van der Waals surface area contributed by atoms with E-state index in [1.54, 1.807) is 11.4 Å². The molecule has 0 saturated heterocycles. The Balaban J connectivity index is 2.54. The van der Waals surface area contributed by atoms with Crippen LogP contribution >= 0.6 is 23.6 Å². The minimum atomic E-state index is -3.11. The molecule has 0 aliphatic carbocycles. The number of nitrogens with zero attached hydrogens (tertiary/aromatic N) is 1. The van der Waals surface area contributed by atoms with Crippen LogP contribution in [-0.2, 0) is 16.4 Å². The second kappa shape index (κ2) is 4.35. The van der Waals surface area contributed by atoms with Crippen molar-refractivity contribution in [3.8, 4) is 0 Å². The summed E-state index contributed by atoms with van der Waals surface area (Å²) in [4.78, 5) is 14.9. The van der Waals surface area contributed by atoms with Crippen molar-refractivity contribution in [3.05, 3.63) is 26.6 Å². The molecule has 0 radical (unpaired) electrons. The fourth-order valence-corrected chi connectivity index (χ4v) is 3.03. The second-order valence-electron chi connectivity index (χ2n) is 3.68. The van der Waals surface area contributed by atoms with Crippen molar-refractivity contribution in [3.63, 3.8) is 0 Å². The van der Waals surface area contributed by atoms with Crippen LogP contribution in [0.15, 0.2) is 16.2 Å². The average molecular weight is 290 g/mol. The van der Waals surface area contributed by atoms with Crippen LogP contribution in [-0.4, -0.2) is 30.0 Å². The zero-order chi connectivity index (χ0) is 12.6. The predicted molar refractivity (Wildman–Crippen MR) is 71.0 cm³/mol. The molecular weight excluding hydrogens is 280 g/mol. The maximum atomic E-state index is 12.0. The van der Waals surface area contributed by atoms with Gasteiger partial charge in [-0.1, -0.05) is 0 Å². The molecule has 0 atom stereocenters. The summed E-state index contributed by atoms with van der Waals surface area (Å²) in [5.41, 5.74) is 0.461. The maximum absolute atomic E-state index is 12.0. The summed E-state index contributed by atoms with van der Waals surface area (Å²) in [7, 11) is -3.11. The summed E-state index contributed by atoms with van der Waals surface area (Å²) in [5, 5.41) is 1.79. The summed E-state index contributed by atoms with van der Waals surface area (Å²) in [6, 6.07) is 1.78. The summed E-state index contributed by atoms with van der Waals surface area (Å²) in [5.74, 6) is -0.0960. The molecule has 1 N–H and O–H groups in total. The fourth-order valence-electron chi connectivity index (χ4n) is 1.43. The van der Waals surface area contributed by atoms with Crippen LogP contribution < -0.4 is 5.56 Å². The summed E-state index contributed by atoms with van der Waals surface area (Å²) >= 11 is 6.35. The van der Waals surface area contributed by atoms with Crippen molar-refractivity contribution in [1.29, 1.82) is 0 Å². The zero-order valence-electron chi connectivity index (χ0n) is 8.97. The van der Waals surface area contributed by atoms with Gasteiger partial charge in [-0.25, -0.2) is 8.42 Å². The van der Waals surface area contributed by atoms with Gasteiger partial charge in [0, 0.05) is 12.8 Å². The van der Waals surface area contributed by atoms with Crippen molar-refractivity contribution in [2.24, 2.45) is 0 Å². The number of rotatable bonds is 3. The molecule has 0 aliphatic heterocycles. The van der Waals surface area contributed by atoms with Crippen molar-refractivity contribution >= 4 is 43.6 Å². The van der Waals surface area contributed by atoms with E-state index in [9.17, 15) is 13.2 Å². The predicted octanol–water partition coefficient (Wildman–Crippen LogP) is 1.17. The lowest BCUT2D eigenvalue weighted by Gasteiger charge is -2.04. The first-order valence-corrected chi connectivity index (χ1v) is 8.11. The number of hydrogen-bond donors (Lipinski definition) is 1. The Kier molecular flexibility index (Phi) is 3.19. The van der Waals surface area contributed by atoms with E-state index in [1.165, 1.54) is 15.9 Å². The maximum Gasteiger partial charge on any atom is 0.272 e. The van der Waals surface area contributed by atoms with Gasteiger partial charge in [-0.3, -0.25) is 9.36 Å². The number of fused-ring (bicyclic) bond motifs is 1. The van der Waals surface area contributed by atoms with Crippen molar-refractivity contribution in [2.75, 3.05) is 12.0 Å². The SMILES string of the molecule is CS(=O)(=O)CCn1c(=S)[nH]c2ccsc2c1=O. The van der Waals surface area contributed by atoms with E-state index in [0.29, 0.717) is 10.2 Å². The lowest BCUT2D eigenvalue weighted by molar-refractivity contribution is 0.591. The molecule has 0 saturated carbocycles. The number of hydrogen-bond acceptors (Lipinski definition) is 5. The van der Waals surface area contributed by atoms with Gasteiger partial charge in [-0.15, -0.1) is 11.3 Å². The topological polar surface area (TPSA) is 71.9 Å². The Hall–Kier alpha value is -0.990. The van der Waals surface area contributed by atoms with E-state index in [4.69, 9.17) is 12.2 Å². The lowest BCUT2D eigenvalue weighted by Crippen LogP contribution is -2.24. The molecule has 2 aromatic rings. The van der Waals surface area contributed by atoms with E-state index in [2.05, 4.69) is 4.98 Å². The van der Waals surface area contributed by atoms with Crippen LogP contribution in [0.4, 0.5) is 0 Å². The van der Waals surface area contributed by atoms with Gasteiger partial charge >= 0.3 is 0 Å². The Morgan fingerprint density at radius 2 is 2.24 bits per heavy atom. The normalized spacial score (nSPS) is 12.1. The van der Waals surface area contributed by atoms with Gasteiger partial charge in [-0.05, 0) is 23.7 Å². The highest BCUT2D eigenvalue weighted by molar-refractivity contribution is 7.90. The second-order valence-corrected chi connectivity index (χ2v) is 7.24. The molecule has 0 spiro atoms. The van der Waals surface area contributed by atoms with Crippen LogP contribution in [0, 0.1) is 4.77 Å². The first-order chi connectivity index (χ1) is 7.88. The van der Waals surface area contributed by atoms with Crippen molar-refractivity contribution < 1.29 is 8.42 Å². The van der Waals surface area contributed by atoms with Crippen LogP contribution in [0.5, 0.6) is 0 Å². The molecule has 0 fully saturated rings. The smallest absolute Gasteiger partial charge is 0.272 e. The highest BCUT2D eigenvalue weighted by atomic mass is 32.2. The van der Waals surface area contributed by atoms with Gasteiger partial charge in [0.1, 0.15) is 14.5 Å². The molecule has 0 unspecified atom stereocenters. The van der Waals surface area contributed by atoms with Gasteiger partial charge in [-0.2, -0.15) is 0 Å². The number of nitrogens with one attached hydrogen (secondary N) is 1. The van der Waals surface area contributed by atoms with Crippen molar-refractivity contribution in [2.45, 2.75) is 6.54 Å². The van der Waals surface area contributed by atoms with E-state index < -0.39 is 9.84 Å². The van der Waals surface area contributed by atoms with E-state index in [0.717, 1.165) is 6.26 Å². The van der Waals surface area contributed by atoms with Crippen LogP contribution in [0.25, 0.3) is 10.2 Å². The van der Waals surface area contributed by atoms with E-state index in [-0.39, 0.29) is 22.6 Å². The number of H-pyrrole nitrogens is 1. The van der Waals surface area contributed by atoms with Gasteiger partial charge in [0.15, 0.2) is 4.77 Å². The first kappa shape index (κ1) is 12.5. The lowest BCUT2D eigenvalue weighted by atomic mass is 10.5. The summed E-state index contributed by atoms with van der Waals surface area (Å²) in [6.07, 6.45) is 1.13. The van der Waals surface area contributed by atoms with Gasteiger partial charge in [0.05, 0.1) is 11.3 Å². The van der Waals surface area contributed by atoms with E-state index >= 15 is 0 Å². The number of thiophene rings is 1. The minimum absolute atomic E-state index is 0.0842. The third-order valence-corrected chi connectivity index (χ3v) is 4.43. The Morgan fingerprint density at radius 1 is 1.53 bits per heavy atom. The van der Waals surface area contributed by atoms with Crippen LogP contribution in [0.3, 0.4) is 0 Å². The molecule has 2 aromatic heterocycles. The minimum Gasteiger partial charge on any atom is -0.331 e. The summed E-state index contributed by atoms with van der Waals surface area (Å²) < 4.78 is 24.3. The van der Waals surface area contributed by atoms with Gasteiger partial charge in [0.25, 0.3) is 5.56 Å². The number of sulfone groups is 1. The molecule has 0 bridgehead atoms. The zero-order valence-corrected chi connectivity index (χ0v) is 11.4. The molecule has 8 heteroatoms. The molecular formula is C9H10N2O3S3. The molecule has 17 heavy (non-hydrogen) atoms. The Bertz CT molecular complexity index is 767. The molecule has 5 nitrogen and oxygen atoms in total. The molecule has 0 aliphatic rings. The Morgan fingerprint density at radius 3 is 2.88 bits per heavy atom. The molecule has 92 valence electrons. The standard InChI is InChI=1S/C9H10N2O3S3/c1-17(13,14)5-3-11-8(12)7-6(2-4-16-7)10-9(11)15/h2,4H,3,5H2,1H3,(H,10,15). The third kappa shape index (κ3) is 2.64. The quantitative estimate of drug-likeness (QED) is 0.861. The fraction of sp³-hybridized carbons (Fsp3) is 0.333. The summed E-state index contributed by atoms with van der Waals surface area (Å²) in [6.45, 7) is 0.0842. The average Bonchev–Trinajstić information content (AvgIpc) is 2.63. The molecule has 0 amide bonds. The van der Waals surface area contributed by atoms with Crippen LogP contribution in [0.1, 0.15) is 0 Å². The first-order valence-electron chi connectivity index (χ1n) is 4.76. The monoisotopic (exact) mass is 290 g/mol.